The molecule has 2 aliphatic rings. The van der Waals surface area contributed by atoms with Crippen LogP contribution in [0.4, 0.5) is 0 Å². The summed E-state index contributed by atoms with van der Waals surface area (Å²) < 4.78 is 0. The van der Waals surface area contributed by atoms with Gasteiger partial charge in [-0.3, -0.25) is 4.79 Å². The van der Waals surface area contributed by atoms with Crippen molar-refractivity contribution in [3.05, 3.63) is 0 Å². The van der Waals surface area contributed by atoms with Crippen LogP contribution in [0.2, 0.25) is 0 Å². The highest BCUT2D eigenvalue weighted by Gasteiger charge is 2.38. The van der Waals surface area contributed by atoms with Gasteiger partial charge < -0.3 is 10.4 Å². The number of piperidine rings is 1. The van der Waals surface area contributed by atoms with Crippen LogP contribution >= 0.6 is 12.4 Å². The van der Waals surface area contributed by atoms with Gasteiger partial charge in [0.25, 0.3) is 0 Å². The Labute approximate surface area is 77.9 Å². The maximum absolute atomic E-state index is 10.7. The standard InChI is InChI=1S/C8H13NO2.ClH/c10-8(11)7-4-9-6-2-1-5(7)3-6;/h5-7,9H,1-4H2,(H,10,11);1H. The number of halogens is 1. The molecule has 12 heavy (non-hydrogen) atoms. The molecular weight excluding hydrogens is 178 g/mol. The summed E-state index contributed by atoms with van der Waals surface area (Å²) in [6.07, 6.45) is 3.36. The van der Waals surface area contributed by atoms with Gasteiger partial charge in [0, 0.05) is 12.6 Å². The van der Waals surface area contributed by atoms with Gasteiger partial charge in [-0.25, -0.2) is 0 Å². The maximum Gasteiger partial charge on any atom is 0.308 e. The van der Waals surface area contributed by atoms with E-state index in [2.05, 4.69) is 5.32 Å². The molecule has 2 rings (SSSR count). The summed E-state index contributed by atoms with van der Waals surface area (Å²) in [5.74, 6) is -0.282. The Bertz CT molecular complexity index is 186. The van der Waals surface area contributed by atoms with Crippen LogP contribution < -0.4 is 5.32 Å². The van der Waals surface area contributed by atoms with Crippen molar-refractivity contribution in [2.45, 2.75) is 25.3 Å². The molecule has 2 fully saturated rings. The molecule has 3 unspecified atom stereocenters. The second-order valence-electron chi connectivity index (χ2n) is 3.62. The monoisotopic (exact) mass is 191 g/mol. The lowest BCUT2D eigenvalue weighted by molar-refractivity contribution is -0.143. The zero-order chi connectivity index (χ0) is 7.84. The van der Waals surface area contributed by atoms with E-state index in [0.717, 1.165) is 12.8 Å². The highest BCUT2D eigenvalue weighted by molar-refractivity contribution is 5.85. The first kappa shape index (κ1) is 9.81. The van der Waals surface area contributed by atoms with Gasteiger partial charge in [0.05, 0.1) is 5.92 Å². The summed E-state index contributed by atoms with van der Waals surface area (Å²) in [6.45, 7) is 0.685. The zero-order valence-electron chi connectivity index (χ0n) is 6.82. The third-order valence-electron chi connectivity index (χ3n) is 2.99. The molecule has 0 spiro atoms. The number of carboxylic acids is 1. The molecule has 3 nitrogen and oxygen atoms in total. The van der Waals surface area contributed by atoms with Crippen molar-refractivity contribution in [3.63, 3.8) is 0 Å². The minimum Gasteiger partial charge on any atom is -0.481 e. The lowest BCUT2D eigenvalue weighted by Crippen LogP contribution is -2.41. The molecule has 0 aromatic heterocycles. The molecule has 1 aliphatic heterocycles. The Morgan fingerprint density at radius 2 is 2.17 bits per heavy atom. The van der Waals surface area contributed by atoms with Gasteiger partial charge >= 0.3 is 5.97 Å². The van der Waals surface area contributed by atoms with Gasteiger partial charge in [-0.05, 0) is 25.2 Å². The normalized spacial score (nSPS) is 38.8. The van der Waals surface area contributed by atoms with Gasteiger partial charge in [0.2, 0.25) is 0 Å². The summed E-state index contributed by atoms with van der Waals surface area (Å²) in [6, 6.07) is 0.621. The van der Waals surface area contributed by atoms with Crippen LogP contribution in [0, 0.1) is 11.8 Å². The number of rotatable bonds is 1. The van der Waals surface area contributed by atoms with Gasteiger partial charge in [0.1, 0.15) is 0 Å². The van der Waals surface area contributed by atoms with Crippen LogP contribution in [0.3, 0.4) is 0 Å². The molecule has 3 atom stereocenters. The van der Waals surface area contributed by atoms with Gasteiger partial charge in [-0.1, -0.05) is 0 Å². The number of hydrogen-bond acceptors (Lipinski definition) is 2. The van der Waals surface area contributed by atoms with E-state index >= 15 is 0 Å². The molecule has 0 aromatic rings. The average molecular weight is 192 g/mol. The second kappa shape index (κ2) is 3.62. The van der Waals surface area contributed by atoms with E-state index in [4.69, 9.17) is 5.11 Å². The Hall–Kier alpha value is -0.280. The highest BCUT2D eigenvalue weighted by atomic mass is 35.5. The van der Waals surface area contributed by atoms with Crippen LogP contribution in [0.25, 0.3) is 0 Å². The number of hydrogen-bond donors (Lipinski definition) is 2. The lowest BCUT2D eigenvalue weighted by Gasteiger charge is -2.26. The smallest absolute Gasteiger partial charge is 0.308 e. The molecule has 4 heteroatoms. The van der Waals surface area contributed by atoms with Crippen molar-refractivity contribution < 1.29 is 9.90 Å². The van der Waals surface area contributed by atoms with Crippen LogP contribution in [0.15, 0.2) is 0 Å². The first-order chi connectivity index (χ1) is 5.27. The van der Waals surface area contributed by atoms with E-state index in [0.29, 0.717) is 18.5 Å². The van der Waals surface area contributed by atoms with Crippen LogP contribution in [-0.4, -0.2) is 23.7 Å². The molecule has 0 radical (unpaired) electrons. The van der Waals surface area contributed by atoms with Gasteiger partial charge in [0.15, 0.2) is 0 Å². The van der Waals surface area contributed by atoms with Crippen molar-refractivity contribution in [1.29, 1.82) is 0 Å². The summed E-state index contributed by atoms with van der Waals surface area (Å²) >= 11 is 0. The first-order valence-corrected chi connectivity index (χ1v) is 4.23. The third kappa shape index (κ3) is 1.57. The summed E-state index contributed by atoms with van der Waals surface area (Å²) in [7, 11) is 0. The Morgan fingerprint density at radius 3 is 2.83 bits per heavy atom. The topological polar surface area (TPSA) is 49.3 Å². The van der Waals surface area contributed by atoms with Crippen molar-refractivity contribution in [3.8, 4) is 0 Å². The van der Waals surface area contributed by atoms with E-state index in [1.54, 1.807) is 0 Å². The van der Waals surface area contributed by atoms with Crippen molar-refractivity contribution in [2.75, 3.05) is 6.54 Å². The predicted molar refractivity (Wildman–Crippen MR) is 47.5 cm³/mol. The van der Waals surface area contributed by atoms with Crippen molar-refractivity contribution in [1.82, 2.24) is 5.32 Å². The fraction of sp³-hybridized carbons (Fsp3) is 0.875. The number of aliphatic carboxylic acids is 1. The van der Waals surface area contributed by atoms with E-state index < -0.39 is 5.97 Å². The SMILES string of the molecule is Cl.O=C(O)C1CNC2CCC1C2. The van der Waals surface area contributed by atoms with E-state index in [-0.39, 0.29) is 18.3 Å². The number of carboxylic acid groups (broad SMARTS) is 1. The lowest BCUT2D eigenvalue weighted by atomic mass is 9.88. The fourth-order valence-electron chi connectivity index (χ4n) is 2.32. The largest absolute Gasteiger partial charge is 0.481 e. The maximum atomic E-state index is 10.7. The second-order valence-corrected chi connectivity index (χ2v) is 3.62. The molecule has 2 N–H and O–H groups in total. The van der Waals surface area contributed by atoms with E-state index in [1.165, 1.54) is 6.42 Å². The van der Waals surface area contributed by atoms with E-state index in [9.17, 15) is 4.79 Å². The molecule has 1 saturated carbocycles. The number of fused-ring (bicyclic) bond motifs is 2. The molecular formula is C8H14ClNO2. The molecule has 0 amide bonds. The van der Waals surface area contributed by atoms with E-state index in [1.807, 2.05) is 0 Å². The fourth-order valence-corrected chi connectivity index (χ4v) is 2.32. The number of nitrogens with one attached hydrogen (secondary N) is 1. The molecule has 1 saturated heterocycles. The van der Waals surface area contributed by atoms with Crippen LogP contribution in [0.5, 0.6) is 0 Å². The minimum atomic E-state index is -0.622. The molecule has 70 valence electrons. The Kier molecular flexibility index (Phi) is 2.96. The van der Waals surface area contributed by atoms with Crippen LogP contribution in [0.1, 0.15) is 19.3 Å². The zero-order valence-corrected chi connectivity index (χ0v) is 7.64. The Morgan fingerprint density at radius 1 is 1.42 bits per heavy atom. The van der Waals surface area contributed by atoms with Crippen LogP contribution in [-0.2, 0) is 4.79 Å². The summed E-state index contributed by atoms with van der Waals surface area (Å²) in [5, 5.41) is 12.1. The quantitative estimate of drug-likeness (QED) is 0.647. The number of carbonyl (C=O) groups is 1. The minimum absolute atomic E-state index is 0. The van der Waals surface area contributed by atoms with Gasteiger partial charge in [-0.15, -0.1) is 12.4 Å². The third-order valence-corrected chi connectivity index (χ3v) is 2.99. The Balaban J connectivity index is 0.000000720. The average Bonchev–Trinajstić information content (AvgIpc) is 2.32. The summed E-state index contributed by atoms with van der Waals surface area (Å²) in [4.78, 5) is 10.7. The summed E-state index contributed by atoms with van der Waals surface area (Å²) in [5.41, 5.74) is 0. The highest BCUT2D eigenvalue weighted by Crippen LogP contribution is 2.35. The molecule has 0 aromatic carbocycles. The van der Waals surface area contributed by atoms with Crippen molar-refractivity contribution >= 4 is 18.4 Å². The van der Waals surface area contributed by atoms with Gasteiger partial charge in [-0.2, -0.15) is 0 Å². The molecule has 2 bridgehead atoms. The molecule has 1 heterocycles. The predicted octanol–water partition coefficient (Wildman–Crippen LogP) is 0.881. The molecule has 1 aliphatic carbocycles. The van der Waals surface area contributed by atoms with Crippen molar-refractivity contribution in [2.24, 2.45) is 11.8 Å². The first-order valence-electron chi connectivity index (χ1n) is 4.23.